The Labute approximate surface area is 148 Å². The molecule has 0 aromatic rings. The van der Waals surface area contributed by atoms with E-state index >= 15 is 0 Å². The van der Waals surface area contributed by atoms with Crippen LogP contribution in [0.4, 0.5) is 0 Å². The normalized spacial score (nSPS) is 27.5. The van der Waals surface area contributed by atoms with Crippen molar-refractivity contribution >= 4 is 23.9 Å². The first-order chi connectivity index (χ1) is 12.1. The fourth-order valence-electron chi connectivity index (χ4n) is 2.35. The van der Waals surface area contributed by atoms with Gasteiger partial charge in [-0.3, -0.25) is 19.2 Å². The van der Waals surface area contributed by atoms with Gasteiger partial charge < -0.3 is 23.7 Å². The highest BCUT2D eigenvalue weighted by Gasteiger charge is 2.51. The third kappa shape index (κ3) is 6.22. The van der Waals surface area contributed by atoms with Gasteiger partial charge in [0, 0.05) is 32.6 Å². The van der Waals surface area contributed by atoms with Crippen LogP contribution in [0.3, 0.4) is 0 Å². The van der Waals surface area contributed by atoms with Crippen LogP contribution in [0.2, 0.25) is 0 Å². The SMILES string of the molecule is CC(=O)OCC1O[C@H](N=[N+]=[N-])C(OC(C)=O)[C@H](OC(C)=O)[C@@H]1OC(C)=O. The topological polar surface area (TPSA) is 163 Å². The number of rotatable bonds is 6. The van der Waals surface area contributed by atoms with E-state index in [0.717, 1.165) is 27.7 Å². The molecule has 0 aromatic heterocycles. The lowest BCUT2D eigenvalue weighted by atomic mass is 9.97. The first-order valence-electron chi connectivity index (χ1n) is 7.50. The summed E-state index contributed by atoms with van der Waals surface area (Å²) in [7, 11) is 0. The zero-order valence-electron chi connectivity index (χ0n) is 14.6. The second-order valence-electron chi connectivity index (χ2n) is 5.29. The molecule has 1 fully saturated rings. The Balaban J connectivity index is 3.28. The van der Waals surface area contributed by atoms with Gasteiger partial charge in [0.15, 0.2) is 24.5 Å². The number of ether oxygens (including phenoxy) is 5. The molecule has 0 bridgehead atoms. The molecule has 5 atom stereocenters. The first kappa shape index (κ1) is 21.2. The van der Waals surface area contributed by atoms with E-state index < -0.39 is 54.5 Å². The molecule has 12 heteroatoms. The van der Waals surface area contributed by atoms with Crippen LogP contribution in [-0.2, 0) is 42.9 Å². The zero-order chi connectivity index (χ0) is 19.9. The molecule has 26 heavy (non-hydrogen) atoms. The van der Waals surface area contributed by atoms with Gasteiger partial charge in [0.2, 0.25) is 0 Å². The molecule has 0 N–H and O–H groups in total. The Morgan fingerprint density at radius 3 is 1.85 bits per heavy atom. The van der Waals surface area contributed by atoms with Crippen molar-refractivity contribution in [3.05, 3.63) is 10.4 Å². The molecule has 1 saturated heterocycles. The molecule has 1 rings (SSSR count). The highest BCUT2D eigenvalue weighted by molar-refractivity contribution is 5.68. The number of carbonyl (C=O) groups is 4. The number of carbonyl (C=O) groups excluding carboxylic acids is 4. The predicted molar refractivity (Wildman–Crippen MR) is 81.1 cm³/mol. The van der Waals surface area contributed by atoms with Crippen LogP contribution >= 0.6 is 0 Å². The van der Waals surface area contributed by atoms with E-state index in [1.165, 1.54) is 0 Å². The van der Waals surface area contributed by atoms with E-state index in [1.54, 1.807) is 0 Å². The standard InChI is InChI=1S/C14H19N3O9/c1-6(18)22-5-10-11(23-7(2)19)12(24-8(3)20)13(25-9(4)21)14(26-10)16-17-15/h10-14H,5H2,1-4H3/t10?,11-,12-,13?,14+/m1/s1. The maximum Gasteiger partial charge on any atom is 0.303 e. The number of nitrogens with zero attached hydrogens (tertiary/aromatic N) is 3. The number of hydrogen-bond acceptors (Lipinski definition) is 10. The quantitative estimate of drug-likeness (QED) is 0.210. The Kier molecular flexibility index (Phi) is 7.81. The zero-order valence-corrected chi connectivity index (χ0v) is 14.6. The van der Waals surface area contributed by atoms with Gasteiger partial charge in [-0.25, -0.2) is 0 Å². The summed E-state index contributed by atoms with van der Waals surface area (Å²) in [5.74, 6) is -2.92. The molecule has 1 aliphatic rings. The Bertz CT molecular complexity index is 617. The molecule has 0 radical (unpaired) electrons. The van der Waals surface area contributed by atoms with Crippen LogP contribution in [0.25, 0.3) is 10.4 Å². The summed E-state index contributed by atoms with van der Waals surface area (Å²) in [6.45, 7) is 4.06. The van der Waals surface area contributed by atoms with E-state index in [4.69, 9.17) is 29.2 Å². The van der Waals surface area contributed by atoms with Gasteiger partial charge in [0.05, 0.1) is 0 Å². The molecule has 1 heterocycles. The Hall–Kier alpha value is -2.85. The summed E-state index contributed by atoms with van der Waals surface area (Å²) in [6.07, 6.45) is -6.52. The Morgan fingerprint density at radius 2 is 1.38 bits per heavy atom. The maximum atomic E-state index is 11.5. The van der Waals surface area contributed by atoms with Crippen LogP contribution in [0.5, 0.6) is 0 Å². The summed E-state index contributed by atoms with van der Waals surface area (Å²) >= 11 is 0. The fourth-order valence-corrected chi connectivity index (χ4v) is 2.35. The molecule has 12 nitrogen and oxygen atoms in total. The average Bonchev–Trinajstić information content (AvgIpc) is 2.50. The molecule has 0 saturated carbocycles. The van der Waals surface area contributed by atoms with Crippen molar-refractivity contribution in [1.82, 2.24) is 0 Å². The van der Waals surface area contributed by atoms with Crippen LogP contribution < -0.4 is 0 Å². The van der Waals surface area contributed by atoms with Crippen molar-refractivity contribution in [2.75, 3.05) is 6.61 Å². The second kappa shape index (κ2) is 9.59. The highest BCUT2D eigenvalue weighted by Crippen LogP contribution is 2.29. The van der Waals surface area contributed by atoms with Gasteiger partial charge in [-0.15, -0.1) is 0 Å². The molecule has 0 aromatic carbocycles. The summed E-state index contributed by atoms with van der Waals surface area (Å²) in [4.78, 5) is 48.0. The van der Waals surface area contributed by atoms with Gasteiger partial charge in [-0.05, 0) is 5.53 Å². The van der Waals surface area contributed by atoms with Crippen LogP contribution in [-0.4, -0.2) is 61.1 Å². The van der Waals surface area contributed by atoms with Crippen molar-refractivity contribution < 1.29 is 42.9 Å². The summed E-state index contributed by atoms with van der Waals surface area (Å²) < 4.78 is 25.6. The third-order valence-corrected chi connectivity index (χ3v) is 3.13. The fraction of sp³-hybridized carbons (Fsp3) is 0.714. The molecule has 144 valence electrons. The largest absolute Gasteiger partial charge is 0.463 e. The third-order valence-electron chi connectivity index (χ3n) is 3.13. The van der Waals surface area contributed by atoms with Crippen molar-refractivity contribution in [1.29, 1.82) is 0 Å². The number of esters is 4. The Morgan fingerprint density at radius 1 is 0.885 bits per heavy atom. The van der Waals surface area contributed by atoms with E-state index in [0.29, 0.717) is 0 Å². The van der Waals surface area contributed by atoms with Crippen LogP contribution in [0.1, 0.15) is 27.7 Å². The van der Waals surface area contributed by atoms with E-state index in [9.17, 15) is 19.2 Å². The number of azide groups is 1. The highest BCUT2D eigenvalue weighted by atomic mass is 16.7. The molecular weight excluding hydrogens is 354 g/mol. The van der Waals surface area contributed by atoms with Gasteiger partial charge in [0.25, 0.3) is 0 Å². The van der Waals surface area contributed by atoms with Crippen LogP contribution in [0, 0.1) is 0 Å². The second-order valence-corrected chi connectivity index (χ2v) is 5.29. The van der Waals surface area contributed by atoms with E-state index in [2.05, 4.69) is 10.0 Å². The lowest BCUT2D eigenvalue weighted by molar-refractivity contribution is -0.251. The van der Waals surface area contributed by atoms with Crippen LogP contribution in [0.15, 0.2) is 5.11 Å². The van der Waals surface area contributed by atoms with Gasteiger partial charge in [-0.2, -0.15) is 0 Å². The van der Waals surface area contributed by atoms with Gasteiger partial charge in [-0.1, -0.05) is 5.11 Å². The predicted octanol–water partition coefficient (Wildman–Crippen LogP) is 0.380. The smallest absolute Gasteiger partial charge is 0.303 e. The molecule has 1 aliphatic heterocycles. The minimum Gasteiger partial charge on any atom is -0.463 e. The van der Waals surface area contributed by atoms with Gasteiger partial charge >= 0.3 is 23.9 Å². The summed E-state index contributed by atoms with van der Waals surface area (Å²) in [6, 6.07) is 0. The summed E-state index contributed by atoms with van der Waals surface area (Å²) in [5.41, 5.74) is 8.71. The average molecular weight is 373 g/mol. The van der Waals surface area contributed by atoms with Crippen molar-refractivity contribution in [3.8, 4) is 0 Å². The lowest BCUT2D eigenvalue weighted by Crippen LogP contribution is -2.61. The number of hydrogen-bond donors (Lipinski definition) is 0. The molecular formula is C14H19N3O9. The first-order valence-corrected chi connectivity index (χ1v) is 7.50. The summed E-state index contributed by atoms with van der Waals surface area (Å²) in [5, 5.41) is 3.38. The van der Waals surface area contributed by atoms with Gasteiger partial charge in [0.1, 0.15) is 12.7 Å². The van der Waals surface area contributed by atoms with E-state index in [1.807, 2.05) is 0 Å². The molecule has 0 amide bonds. The lowest BCUT2D eigenvalue weighted by Gasteiger charge is -2.43. The minimum atomic E-state index is -1.40. The van der Waals surface area contributed by atoms with Crippen molar-refractivity contribution in [2.45, 2.75) is 58.3 Å². The molecule has 0 spiro atoms. The molecule has 2 unspecified atom stereocenters. The maximum absolute atomic E-state index is 11.5. The van der Waals surface area contributed by atoms with Crippen molar-refractivity contribution in [2.24, 2.45) is 5.11 Å². The minimum absolute atomic E-state index is 0.380. The molecule has 0 aliphatic carbocycles. The monoisotopic (exact) mass is 373 g/mol. The van der Waals surface area contributed by atoms with E-state index in [-0.39, 0.29) is 6.61 Å². The van der Waals surface area contributed by atoms with Crippen molar-refractivity contribution in [3.63, 3.8) is 0 Å².